The minimum Gasteiger partial charge on any atom is -0.378 e. The molecule has 7 heteroatoms. The fourth-order valence-corrected chi connectivity index (χ4v) is 3.83. The molecule has 2 rings (SSSR count). The van der Waals surface area contributed by atoms with Gasteiger partial charge >= 0.3 is 0 Å². The molecule has 0 heterocycles. The minimum atomic E-state index is -0.864. The first-order valence-electron chi connectivity index (χ1n) is 8.38. The maximum absolute atomic E-state index is 12.8. The maximum Gasteiger partial charge on any atom is 0.240 e. The van der Waals surface area contributed by atoms with E-state index in [1.807, 2.05) is 20.8 Å². The average molecular weight is 391 g/mol. The highest BCUT2D eigenvalue weighted by Crippen LogP contribution is 2.49. The number of nitrogens with one attached hydrogen (secondary N) is 1. The molecule has 1 saturated carbocycles. The van der Waals surface area contributed by atoms with Crippen LogP contribution in [0.25, 0.3) is 0 Å². The molecule has 1 aromatic rings. The first kappa shape index (κ1) is 22.2. The van der Waals surface area contributed by atoms with E-state index in [-0.39, 0.29) is 35.7 Å². The summed E-state index contributed by atoms with van der Waals surface area (Å²) in [4.78, 5) is 13.5. The van der Waals surface area contributed by atoms with Crippen molar-refractivity contribution in [2.75, 3.05) is 18.9 Å². The van der Waals surface area contributed by atoms with E-state index in [0.717, 1.165) is 17.1 Å². The van der Waals surface area contributed by atoms with Crippen LogP contribution in [0, 0.1) is 11.2 Å². The fourth-order valence-electron chi connectivity index (χ4n) is 2.97. The molecule has 142 valence electrons. The summed E-state index contributed by atoms with van der Waals surface area (Å²) < 4.78 is 18.5. The summed E-state index contributed by atoms with van der Waals surface area (Å²) in [6, 6.07) is 6.43. The Hall–Kier alpha value is -0.820. The summed E-state index contributed by atoms with van der Waals surface area (Å²) in [6.07, 6.45) is 1.43. The molecule has 1 amide bonds. The highest BCUT2D eigenvalue weighted by molar-refractivity contribution is 7.99. The molecule has 1 aromatic carbocycles. The molecule has 0 radical (unpaired) electrons. The maximum atomic E-state index is 12.8. The van der Waals surface area contributed by atoms with Crippen molar-refractivity contribution in [1.82, 2.24) is 5.32 Å². The van der Waals surface area contributed by atoms with Crippen molar-refractivity contribution in [2.24, 2.45) is 11.1 Å². The van der Waals surface area contributed by atoms with E-state index in [0.29, 0.717) is 19.6 Å². The van der Waals surface area contributed by atoms with Gasteiger partial charge in [-0.05, 0) is 43.4 Å². The second-order valence-electron chi connectivity index (χ2n) is 6.75. The number of carbonyl (C=O) groups excluding carboxylic acids is 1. The average Bonchev–Trinajstić information content (AvgIpc) is 2.55. The van der Waals surface area contributed by atoms with E-state index in [1.54, 1.807) is 23.9 Å². The van der Waals surface area contributed by atoms with Gasteiger partial charge in [-0.2, -0.15) is 0 Å². The summed E-state index contributed by atoms with van der Waals surface area (Å²) in [5.41, 5.74) is 5.10. The number of hydrogen-bond acceptors (Lipinski definition) is 4. The van der Waals surface area contributed by atoms with Crippen molar-refractivity contribution in [3.8, 4) is 0 Å². The Morgan fingerprint density at radius 2 is 2.04 bits per heavy atom. The minimum absolute atomic E-state index is 0. The Morgan fingerprint density at radius 1 is 1.40 bits per heavy atom. The van der Waals surface area contributed by atoms with E-state index in [9.17, 15) is 9.18 Å². The number of carbonyl (C=O) groups is 1. The van der Waals surface area contributed by atoms with Gasteiger partial charge in [0.2, 0.25) is 5.91 Å². The van der Waals surface area contributed by atoms with Gasteiger partial charge in [-0.1, -0.05) is 13.8 Å². The van der Waals surface area contributed by atoms with Crippen LogP contribution in [0.3, 0.4) is 0 Å². The van der Waals surface area contributed by atoms with Crippen molar-refractivity contribution >= 4 is 30.1 Å². The van der Waals surface area contributed by atoms with E-state index >= 15 is 0 Å². The summed E-state index contributed by atoms with van der Waals surface area (Å²) in [7, 11) is 0. The van der Waals surface area contributed by atoms with Crippen LogP contribution >= 0.6 is 24.2 Å². The zero-order chi connectivity index (χ0) is 17.8. The van der Waals surface area contributed by atoms with Crippen molar-refractivity contribution in [3.05, 3.63) is 30.1 Å². The third-order valence-corrected chi connectivity index (χ3v) is 6.02. The lowest BCUT2D eigenvalue weighted by atomic mass is 9.54. The highest BCUT2D eigenvalue weighted by atomic mass is 35.5. The topological polar surface area (TPSA) is 64.3 Å². The molecule has 1 aliphatic carbocycles. The molecule has 1 fully saturated rings. The van der Waals surface area contributed by atoms with Crippen LogP contribution in [0.5, 0.6) is 0 Å². The number of thioether (sulfide) groups is 1. The first-order chi connectivity index (χ1) is 11.3. The molecular formula is C18H28ClFN2O2S. The van der Waals surface area contributed by atoms with Crippen molar-refractivity contribution in [1.29, 1.82) is 0 Å². The molecule has 4 nitrogen and oxygen atoms in total. The molecule has 3 N–H and O–H groups in total. The standard InChI is InChI=1S/C18H27FN2O2S.ClH/c1-4-23-15-12-18(20,17(15,2)3)16(22)21-10-5-11-24-14-8-6-13(19)7-9-14;/h6-9,15H,4-5,10-12,20H2,1-3H3,(H,21,22);1H. The molecule has 2 atom stereocenters. The van der Waals surface area contributed by atoms with Crippen LogP contribution < -0.4 is 11.1 Å². The summed E-state index contributed by atoms with van der Waals surface area (Å²) in [5, 5.41) is 2.95. The summed E-state index contributed by atoms with van der Waals surface area (Å²) >= 11 is 1.65. The van der Waals surface area contributed by atoms with Crippen LogP contribution in [-0.4, -0.2) is 36.5 Å². The van der Waals surface area contributed by atoms with E-state index in [1.165, 1.54) is 12.1 Å². The highest BCUT2D eigenvalue weighted by Gasteiger charge is 2.62. The smallest absolute Gasteiger partial charge is 0.240 e. The molecule has 1 aliphatic rings. The molecule has 0 spiro atoms. The molecule has 2 unspecified atom stereocenters. The van der Waals surface area contributed by atoms with Gasteiger partial charge in [0.25, 0.3) is 0 Å². The zero-order valence-corrected chi connectivity index (χ0v) is 16.6. The van der Waals surface area contributed by atoms with Gasteiger partial charge in [0.1, 0.15) is 11.4 Å². The Morgan fingerprint density at radius 3 is 2.60 bits per heavy atom. The summed E-state index contributed by atoms with van der Waals surface area (Å²) in [6.45, 7) is 7.14. The number of rotatable bonds is 8. The van der Waals surface area contributed by atoms with Gasteiger partial charge in [-0.15, -0.1) is 24.2 Å². The van der Waals surface area contributed by atoms with E-state index in [4.69, 9.17) is 10.5 Å². The third kappa shape index (κ3) is 4.88. The predicted octanol–water partition coefficient (Wildman–Crippen LogP) is 3.38. The van der Waals surface area contributed by atoms with Gasteiger partial charge in [-0.25, -0.2) is 4.39 Å². The van der Waals surface area contributed by atoms with Crippen molar-refractivity contribution in [3.63, 3.8) is 0 Å². The second-order valence-corrected chi connectivity index (χ2v) is 7.92. The SMILES string of the molecule is CCOC1CC(N)(C(=O)NCCCSc2ccc(F)cc2)C1(C)C.Cl. The predicted molar refractivity (Wildman–Crippen MR) is 103 cm³/mol. The normalized spacial score (nSPS) is 24.1. The van der Waals surface area contributed by atoms with Crippen LogP contribution in [0.1, 0.15) is 33.6 Å². The van der Waals surface area contributed by atoms with Gasteiger partial charge in [-0.3, -0.25) is 4.79 Å². The monoisotopic (exact) mass is 390 g/mol. The van der Waals surface area contributed by atoms with Crippen LogP contribution in [0.2, 0.25) is 0 Å². The first-order valence-corrected chi connectivity index (χ1v) is 9.37. The number of amides is 1. The number of benzene rings is 1. The fraction of sp³-hybridized carbons (Fsp3) is 0.611. The number of nitrogens with two attached hydrogens (primary N) is 1. The Bertz CT molecular complexity index is 571. The zero-order valence-electron chi connectivity index (χ0n) is 15.0. The number of hydrogen-bond donors (Lipinski definition) is 2. The molecule has 0 bridgehead atoms. The lowest BCUT2D eigenvalue weighted by molar-refractivity contribution is -0.170. The Balaban J connectivity index is 0.00000312. The molecular weight excluding hydrogens is 363 g/mol. The van der Waals surface area contributed by atoms with Gasteiger partial charge in [0.15, 0.2) is 0 Å². The molecule has 25 heavy (non-hydrogen) atoms. The Kier molecular flexibility index (Phi) is 8.19. The molecule has 0 aliphatic heterocycles. The summed E-state index contributed by atoms with van der Waals surface area (Å²) in [5.74, 6) is 0.526. The lowest BCUT2D eigenvalue weighted by Gasteiger charge is -2.57. The molecule has 0 saturated heterocycles. The van der Waals surface area contributed by atoms with Crippen LogP contribution in [0.15, 0.2) is 29.2 Å². The third-order valence-electron chi connectivity index (χ3n) is 4.92. The molecule has 0 aromatic heterocycles. The van der Waals surface area contributed by atoms with E-state index in [2.05, 4.69) is 5.32 Å². The van der Waals surface area contributed by atoms with Crippen molar-refractivity contribution < 1.29 is 13.9 Å². The second kappa shape index (κ2) is 9.21. The van der Waals surface area contributed by atoms with Crippen LogP contribution in [-0.2, 0) is 9.53 Å². The lowest BCUT2D eigenvalue weighted by Crippen LogP contribution is -2.75. The van der Waals surface area contributed by atoms with Gasteiger partial charge in [0.05, 0.1) is 6.10 Å². The quantitative estimate of drug-likeness (QED) is 0.527. The number of halogens is 2. The van der Waals surface area contributed by atoms with Gasteiger partial charge < -0.3 is 15.8 Å². The largest absolute Gasteiger partial charge is 0.378 e. The van der Waals surface area contributed by atoms with Crippen LogP contribution in [0.4, 0.5) is 4.39 Å². The van der Waals surface area contributed by atoms with E-state index < -0.39 is 5.54 Å². The Labute approximate surface area is 159 Å². The number of ether oxygens (including phenoxy) is 1. The van der Waals surface area contributed by atoms with Crippen molar-refractivity contribution in [2.45, 2.75) is 50.2 Å². The van der Waals surface area contributed by atoms with Gasteiger partial charge in [0, 0.05) is 29.9 Å².